The van der Waals surface area contributed by atoms with Gasteiger partial charge in [0.2, 0.25) is 5.91 Å². The molecule has 1 radical (unpaired) electrons. The highest BCUT2D eigenvalue weighted by molar-refractivity contribution is 5.89. The number of anilines is 1. The van der Waals surface area contributed by atoms with Gasteiger partial charge in [0.25, 0.3) is 0 Å². The summed E-state index contributed by atoms with van der Waals surface area (Å²) in [7, 11) is 0. The monoisotopic (exact) mass is 218 g/mol. The van der Waals surface area contributed by atoms with Gasteiger partial charge in [0, 0.05) is 12.6 Å². The van der Waals surface area contributed by atoms with Crippen molar-refractivity contribution in [3.05, 3.63) is 36.8 Å². The molecule has 1 aromatic carbocycles. The van der Waals surface area contributed by atoms with Crippen LogP contribution in [-0.4, -0.2) is 5.91 Å². The molecule has 0 spiro atoms. The first-order chi connectivity index (χ1) is 7.74. The van der Waals surface area contributed by atoms with Crippen LogP contribution < -0.4 is 5.32 Å². The highest BCUT2D eigenvalue weighted by Gasteiger charge is 2.02. The number of hydrogen-bond donors (Lipinski definition) is 1. The van der Waals surface area contributed by atoms with Crippen LogP contribution in [-0.2, 0) is 11.2 Å². The van der Waals surface area contributed by atoms with Crippen molar-refractivity contribution in [1.82, 2.24) is 0 Å². The number of rotatable bonds is 6. The number of carbonyl (C=O) groups is 1. The second kappa shape index (κ2) is 7.04. The van der Waals surface area contributed by atoms with E-state index >= 15 is 0 Å². The number of unbranched alkanes of at least 4 members (excludes halogenated alkanes) is 3. The standard InChI is InChI=1S/C14H20NO/c1-3-4-5-6-9-13-10-7-8-11-14(13)15-12(2)16/h7-8,10-11H,1,3-6,9H2,2H3,(H,15,16). The van der Waals surface area contributed by atoms with Crippen molar-refractivity contribution in [3.63, 3.8) is 0 Å². The molecule has 87 valence electrons. The van der Waals surface area contributed by atoms with Gasteiger partial charge in [-0.15, -0.1) is 0 Å². The van der Waals surface area contributed by atoms with E-state index < -0.39 is 0 Å². The molecule has 2 heteroatoms. The summed E-state index contributed by atoms with van der Waals surface area (Å²) in [5, 5.41) is 2.86. The van der Waals surface area contributed by atoms with Gasteiger partial charge in [0.05, 0.1) is 0 Å². The summed E-state index contributed by atoms with van der Waals surface area (Å²) in [6, 6.07) is 8.00. The SMILES string of the molecule is [CH2]CCCCCc1ccccc1NC(C)=O. The van der Waals surface area contributed by atoms with E-state index in [0.29, 0.717) is 0 Å². The number of nitrogens with one attached hydrogen (secondary N) is 1. The summed E-state index contributed by atoms with van der Waals surface area (Å²) < 4.78 is 0. The fourth-order valence-electron chi connectivity index (χ4n) is 1.72. The molecule has 0 bridgehead atoms. The van der Waals surface area contributed by atoms with E-state index in [2.05, 4.69) is 18.3 Å². The van der Waals surface area contributed by atoms with E-state index in [1.54, 1.807) is 6.92 Å². The number of benzene rings is 1. The molecule has 1 aromatic rings. The molecule has 2 nitrogen and oxygen atoms in total. The largest absolute Gasteiger partial charge is 0.326 e. The van der Waals surface area contributed by atoms with Crippen molar-refractivity contribution in [2.45, 2.75) is 39.0 Å². The van der Waals surface area contributed by atoms with E-state index in [1.165, 1.54) is 18.4 Å². The molecular weight excluding hydrogens is 198 g/mol. The summed E-state index contributed by atoms with van der Waals surface area (Å²) in [6.07, 6.45) is 5.58. The molecule has 0 aliphatic carbocycles. The van der Waals surface area contributed by atoms with Gasteiger partial charge in [0.1, 0.15) is 0 Å². The zero-order valence-electron chi connectivity index (χ0n) is 9.96. The Labute approximate surface area is 98.1 Å². The molecule has 0 saturated carbocycles. The van der Waals surface area contributed by atoms with Gasteiger partial charge in [-0.25, -0.2) is 0 Å². The Morgan fingerprint density at radius 3 is 2.69 bits per heavy atom. The average molecular weight is 218 g/mol. The molecule has 0 heterocycles. The Kier molecular flexibility index (Phi) is 5.62. The van der Waals surface area contributed by atoms with Crippen molar-refractivity contribution >= 4 is 11.6 Å². The molecule has 1 amide bonds. The molecule has 0 unspecified atom stereocenters. The minimum absolute atomic E-state index is 0.00907. The molecule has 1 N–H and O–H groups in total. The van der Waals surface area contributed by atoms with Crippen molar-refractivity contribution in [1.29, 1.82) is 0 Å². The van der Waals surface area contributed by atoms with Crippen molar-refractivity contribution in [3.8, 4) is 0 Å². The quantitative estimate of drug-likeness (QED) is 0.726. The smallest absolute Gasteiger partial charge is 0.221 e. The lowest BCUT2D eigenvalue weighted by Crippen LogP contribution is -2.08. The third-order valence-electron chi connectivity index (χ3n) is 2.52. The molecule has 0 atom stereocenters. The summed E-state index contributed by atoms with van der Waals surface area (Å²) in [5.74, 6) is -0.00907. The highest BCUT2D eigenvalue weighted by atomic mass is 16.1. The second-order valence-corrected chi connectivity index (χ2v) is 4.00. The first-order valence-electron chi connectivity index (χ1n) is 5.89. The molecule has 0 aliphatic heterocycles. The minimum Gasteiger partial charge on any atom is -0.326 e. The second-order valence-electron chi connectivity index (χ2n) is 4.00. The third-order valence-corrected chi connectivity index (χ3v) is 2.52. The van der Waals surface area contributed by atoms with Gasteiger partial charge in [-0.1, -0.05) is 44.4 Å². The number of carbonyl (C=O) groups excluding carboxylic acids is 1. The van der Waals surface area contributed by atoms with Gasteiger partial charge in [-0.3, -0.25) is 4.79 Å². The van der Waals surface area contributed by atoms with Gasteiger partial charge < -0.3 is 5.32 Å². The Bertz CT molecular complexity index is 333. The molecule has 0 aliphatic rings. The van der Waals surface area contributed by atoms with Crippen LogP contribution in [0.25, 0.3) is 0 Å². The van der Waals surface area contributed by atoms with Crippen molar-refractivity contribution < 1.29 is 4.79 Å². The van der Waals surface area contributed by atoms with Crippen LogP contribution in [0.4, 0.5) is 5.69 Å². The normalized spacial score (nSPS) is 10.1. The summed E-state index contributed by atoms with van der Waals surface area (Å²) in [4.78, 5) is 11.0. The van der Waals surface area contributed by atoms with Gasteiger partial charge in [-0.2, -0.15) is 0 Å². The Morgan fingerprint density at radius 2 is 2.00 bits per heavy atom. The molecule has 16 heavy (non-hydrogen) atoms. The lowest BCUT2D eigenvalue weighted by molar-refractivity contribution is -0.114. The number of amides is 1. The maximum Gasteiger partial charge on any atom is 0.221 e. The third kappa shape index (κ3) is 4.47. The van der Waals surface area contributed by atoms with E-state index in [9.17, 15) is 4.79 Å². The number of para-hydroxylation sites is 1. The minimum atomic E-state index is -0.00907. The van der Waals surface area contributed by atoms with Crippen LogP contribution in [0, 0.1) is 6.92 Å². The predicted octanol–water partition coefficient (Wildman–Crippen LogP) is 3.58. The van der Waals surface area contributed by atoms with Gasteiger partial charge in [0.15, 0.2) is 0 Å². The molecule has 0 saturated heterocycles. The van der Waals surface area contributed by atoms with Crippen molar-refractivity contribution in [2.24, 2.45) is 0 Å². The molecular formula is C14H20NO. The topological polar surface area (TPSA) is 29.1 Å². The van der Waals surface area contributed by atoms with E-state index in [4.69, 9.17) is 0 Å². The molecule has 0 aromatic heterocycles. The molecule has 1 rings (SSSR count). The first kappa shape index (κ1) is 12.8. The van der Waals surface area contributed by atoms with Gasteiger partial charge in [-0.05, 0) is 24.5 Å². The maximum absolute atomic E-state index is 11.0. The average Bonchev–Trinajstić information content (AvgIpc) is 2.26. The fourth-order valence-corrected chi connectivity index (χ4v) is 1.72. The van der Waals surface area contributed by atoms with Crippen LogP contribution >= 0.6 is 0 Å². The Morgan fingerprint density at radius 1 is 1.25 bits per heavy atom. The van der Waals surface area contributed by atoms with Crippen LogP contribution in [0.3, 0.4) is 0 Å². The highest BCUT2D eigenvalue weighted by Crippen LogP contribution is 2.18. The van der Waals surface area contributed by atoms with Crippen LogP contribution in [0.5, 0.6) is 0 Å². The van der Waals surface area contributed by atoms with E-state index in [-0.39, 0.29) is 5.91 Å². The molecule has 0 fully saturated rings. The summed E-state index contributed by atoms with van der Waals surface area (Å²) >= 11 is 0. The number of hydrogen-bond acceptors (Lipinski definition) is 1. The van der Waals surface area contributed by atoms with Crippen molar-refractivity contribution in [2.75, 3.05) is 5.32 Å². The lowest BCUT2D eigenvalue weighted by Gasteiger charge is -2.09. The summed E-state index contributed by atoms with van der Waals surface area (Å²) in [6.45, 7) is 5.37. The van der Waals surface area contributed by atoms with Crippen LogP contribution in [0.2, 0.25) is 0 Å². The van der Waals surface area contributed by atoms with Crippen LogP contribution in [0.1, 0.15) is 38.2 Å². The van der Waals surface area contributed by atoms with E-state index in [0.717, 1.165) is 24.9 Å². The maximum atomic E-state index is 11.0. The Hall–Kier alpha value is -1.31. The Balaban J connectivity index is 2.53. The summed E-state index contributed by atoms with van der Waals surface area (Å²) in [5.41, 5.74) is 2.17. The van der Waals surface area contributed by atoms with Crippen LogP contribution in [0.15, 0.2) is 24.3 Å². The number of aryl methyl sites for hydroxylation is 1. The van der Waals surface area contributed by atoms with E-state index in [1.807, 2.05) is 18.2 Å². The lowest BCUT2D eigenvalue weighted by atomic mass is 10.0. The first-order valence-corrected chi connectivity index (χ1v) is 5.89. The fraction of sp³-hybridized carbons (Fsp3) is 0.429. The van der Waals surface area contributed by atoms with Gasteiger partial charge >= 0.3 is 0 Å². The predicted molar refractivity (Wildman–Crippen MR) is 68.3 cm³/mol. The zero-order chi connectivity index (χ0) is 11.8. The zero-order valence-corrected chi connectivity index (χ0v) is 9.96.